The zero-order valence-electron chi connectivity index (χ0n) is 17.2. The summed E-state index contributed by atoms with van der Waals surface area (Å²) in [5, 5.41) is 0. The summed E-state index contributed by atoms with van der Waals surface area (Å²) in [6.45, 7) is 3.67. The SMILES string of the molecule is c1ccc(C(Oc2nsnc2N2CCN(c3ccccc3)CC2)c2ccccc2)cc1. The third-order valence-electron chi connectivity index (χ3n) is 5.58. The van der Waals surface area contributed by atoms with Crippen LogP contribution in [0, 0.1) is 0 Å². The van der Waals surface area contributed by atoms with Gasteiger partial charge in [0.15, 0.2) is 6.10 Å². The largest absolute Gasteiger partial charge is 0.461 e. The van der Waals surface area contributed by atoms with E-state index in [0.29, 0.717) is 5.88 Å². The second-order valence-corrected chi connectivity index (χ2v) is 8.05. The Kier molecular flexibility index (Phi) is 5.80. The van der Waals surface area contributed by atoms with Crippen molar-refractivity contribution in [2.75, 3.05) is 36.0 Å². The van der Waals surface area contributed by atoms with E-state index in [1.165, 1.54) is 17.4 Å². The smallest absolute Gasteiger partial charge is 0.271 e. The van der Waals surface area contributed by atoms with Gasteiger partial charge in [-0.25, -0.2) is 0 Å². The molecule has 5 nitrogen and oxygen atoms in total. The van der Waals surface area contributed by atoms with E-state index in [2.05, 4.69) is 73.1 Å². The Hall–Kier alpha value is -3.38. The van der Waals surface area contributed by atoms with Crippen molar-refractivity contribution < 1.29 is 4.74 Å². The molecule has 0 N–H and O–H groups in total. The lowest BCUT2D eigenvalue weighted by Crippen LogP contribution is -2.46. The Morgan fingerprint density at radius 1 is 0.645 bits per heavy atom. The fraction of sp³-hybridized carbons (Fsp3) is 0.200. The van der Waals surface area contributed by atoms with Crippen molar-refractivity contribution in [1.82, 2.24) is 8.75 Å². The molecule has 0 bridgehead atoms. The van der Waals surface area contributed by atoms with E-state index in [-0.39, 0.29) is 6.10 Å². The van der Waals surface area contributed by atoms with Gasteiger partial charge in [-0.05, 0) is 23.3 Å². The topological polar surface area (TPSA) is 41.5 Å². The molecule has 0 unspecified atom stereocenters. The lowest BCUT2D eigenvalue weighted by atomic mass is 10.0. The number of benzene rings is 3. The van der Waals surface area contributed by atoms with Crippen LogP contribution in [0.15, 0.2) is 91.0 Å². The lowest BCUT2D eigenvalue weighted by molar-refractivity contribution is 0.239. The van der Waals surface area contributed by atoms with Crippen LogP contribution in [-0.2, 0) is 0 Å². The van der Waals surface area contributed by atoms with Gasteiger partial charge >= 0.3 is 0 Å². The Morgan fingerprint density at radius 3 is 1.74 bits per heavy atom. The first kappa shape index (κ1) is 19.6. The summed E-state index contributed by atoms with van der Waals surface area (Å²) in [6, 6.07) is 31.1. The quantitative estimate of drug-likeness (QED) is 0.431. The zero-order valence-corrected chi connectivity index (χ0v) is 18.0. The van der Waals surface area contributed by atoms with Crippen LogP contribution in [0.3, 0.4) is 0 Å². The molecule has 3 aromatic carbocycles. The van der Waals surface area contributed by atoms with Crippen molar-refractivity contribution >= 4 is 23.2 Å². The molecule has 0 radical (unpaired) electrons. The fourth-order valence-corrected chi connectivity index (χ4v) is 4.46. The number of ether oxygens (including phenoxy) is 1. The van der Waals surface area contributed by atoms with Gasteiger partial charge in [0.05, 0.1) is 11.7 Å². The first-order valence-corrected chi connectivity index (χ1v) is 11.3. The Balaban J connectivity index is 1.35. The molecule has 1 aliphatic rings. The van der Waals surface area contributed by atoms with Crippen LogP contribution in [0.25, 0.3) is 0 Å². The fourth-order valence-electron chi connectivity index (χ4n) is 3.95. The van der Waals surface area contributed by atoms with Crippen LogP contribution in [0.5, 0.6) is 5.88 Å². The monoisotopic (exact) mass is 428 g/mol. The van der Waals surface area contributed by atoms with Gasteiger partial charge in [0, 0.05) is 31.9 Å². The molecular formula is C25H24N4OS. The van der Waals surface area contributed by atoms with Crippen molar-refractivity contribution in [3.8, 4) is 5.88 Å². The number of hydrogen-bond donors (Lipinski definition) is 0. The summed E-state index contributed by atoms with van der Waals surface area (Å²) in [5.41, 5.74) is 3.46. The Labute approximate surface area is 186 Å². The summed E-state index contributed by atoms with van der Waals surface area (Å²) in [5.74, 6) is 1.45. The highest BCUT2D eigenvalue weighted by Gasteiger charge is 2.26. The number of hydrogen-bond acceptors (Lipinski definition) is 6. The van der Waals surface area contributed by atoms with Crippen molar-refractivity contribution in [2.24, 2.45) is 0 Å². The van der Waals surface area contributed by atoms with Crippen LogP contribution in [0.1, 0.15) is 17.2 Å². The van der Waals surface area contributed by atoms with Gasteiger partial charge in [0.1, 0.15) is 0 Å². The van der Waals surface area contributed by atoms with E-state index in [1.54, 1.807) is 0 Å². The average Bonchev–Trinajstić information content (AvgIpc) is 3.33. The summed E-state index contributed by atoms with van der Waals surface area (Å²) in [7, 11) is 0. The maximum atomic E-state index is 6.50. The summed E-state index contributed by atoms with van der Waals surface area (Å²) in [4.78, 5) is 4.69. The van der Waals surface area contributed by atoms with E-state index in [4.69, 9.17) is 4.74 Å². The van der Waals surface area contributed by atoms with Gasteiger partial charge < -0.3 is 14.5 Å². The van der Waals surface area contributed by atoms with Crippen molar-refractivity contribution in [2.45, 2.75) is 6.10 Å². The van der Waals surface area contributed by atoms with Crippen LogP contribution >= 0.6 is 11.7 Å². The van der Waals surface area contributed by atoms with E-state index in [1.807, 2.05) is 36.4 Å². The van der Waals surface area contributed by atoms with E-state index < -0.39 is 0 Å². The molecule has 1 aromatic heterocycles. The number of rotatable bonds is 6. The highest BCUT2D eigenvalue weighted by Crippen LogP contribution is 2.34. The number of para-hydroxylation sites is 1. The average molecular weight is 429 g/mol. The van der Waals surface area contributed by atoms with Crippen LogP contribution in [0.2, 0.25) is 0 Å². The molecule has 5 rings (SSSR count). The van der Waals surface area contributed by atoms with Crippen LogP contribution < -0.4 is 14.5 Å². The zero-order chi connectivity index (χ0) is 20.9. The Bertz CT molecular complexity index is 1040. The number of piperazine rings is 1. The minimum atomic E-state index is -0.226. The highest BCUT2D eigenvalue weighted by molar-refractivity contribution is 6.99. The van der Waals surface area contributed by atoms with E-state index in [9.17, 15) is 0 Å². The first-order chi connectivity index (χ1) is 15.4. The molecule has 1 fully saturated rings. The predicted molar refractivity (Wildman–Crippen MR) is 126 cm³/mol. The summed E-state index contributed by atoms with van der Waals surface area (Å²) in [6.07, 6.45) is -0.226. The van der Waals surface area contributed by atoms with Gasteiger partial charge in [-0.2, -0.15) is 4.37 Å². The molecule has 1 saturated heterocycles. The molecule has 31 heavy (non-hydrogen) atoms. The normalized spacial score (nSPS) is 14.1. The minimum Gasteiger partial charge on any atom is -0.461 e. The van der Waals surface area contributed by atoms with Gasteiger partial charge in [-0.15, -0.1) is 4.37 Å². The molecule has 2 heterocycles. The lowest BCUT2D eigenvalue weighted by Gasteiger charge is -2.36. The van der Waals surface area contributed by atoms with Gasteiger partial charge in [-0.3, -0.25) is 0 Å². The first-order valence-electron chi connectivity index (χ1n) is 10.5. The molecule has 1 aliphatic heterocycles. The van der Waals surface area contributed by atoms with Gasteiger partial charge in [0.25, 0.3) is 5.88 Å². The number of nitrogens with zero attached hydrogens (tertiary/aromatic N) is 4. The second-order valence-electron chi connectivity index (χ2n) is 7.52. The second kappa shape index (κ2) is 9.18. The molecule has 6 heteroatoms. The third-order valence-corrected chi connectivity index (χ3v) is 6.08. The molecule has 0 atom stereocenters. The van der Waals surface area contributed by atoms with E-state index in [0.717, 1.165) is 43.1 Å². The maximum absolute atomic E-state index is 6.50. The van der Waals surface area contributed by atoms with Crippen molar-refractivity contribution in [3.05, 3.63) is 102 Å². The van der Waals surface area contributed by atoms with Crippen LogP contribution in [0.4, 0.5) is 11.5 Å². The summed E-state index contributed by atoms with van der Waals surface area (Å²) >= 11 is 1.21. The van der Waals surface area contributed by atoms with Gasteiger partial charge in [-0.1, -0.05) is 78.9 Å². The molecule has 156 valence electrons. The molecule has 0 aliphatic carbocycles. The van der Waals surface area contributed by atoms with Crippen LogP contribution in [-0.4, -0.2) is 34.9 Å². The maximum Gasteiger partial charge on any atom is 0.271 e. The van der Waals surface area contributed by atoms with E-state index >= 15 is 0 Å². The molecule has 0 amide bonds. The third kappa shape index (κ3) is 4.39. The number of aromatic nitrogens is 2. The molecule has 0 spiro atoms. The van der Waals surface area contributed by atoms with Crippen molar-refractivity contribution in [1.29, 1.82) is 0 Å². The van der Waals surface area contributed by atoms with Gasteiger partial charge in [0.2, 0.25) is 5.82 Å². The Morgan fingerprint density at radius 2 is 1.16 bits per heavy atom. The predicted octanol–water partition coefficient (Wildman–Crippen LogP) is 5.03. The number of anilines is 2. The summed E-state index contributed by atoms with van der Waals surface area (Å²) < 4.78 is 15.6. The standard InChI is InChI=1S/C25H24N4OS/c1-4-10-20(11-5-1)23(21-12-6-2-7-13-21)30-25-24(26-31-27-25)29-18-16-28(17-19-29)22-14-8-3-9-15-22/h1-15,23H,16-19H2. The molecule has 4 aromatic rings. The molecular weight excluding hydrogens is 404 g/mol. The van der Waals surface area contributed by atoms with Crippen molar-refractivity contribution in [3.63, 3.8) is 0 Å². The minimum absolute atomic E-state index is 0.226. The highest BCUT2D eigenvalue weighted by atomic mass is 32.1. The molecule has 0 saturated carbocycles.